The fourth-order valence-corrected chi connectivity index (χ4v) is 4.98. The number of amides is 2. The number of hydrogen-bond acceptors (Lipinski definition) is 6. The molecule has 2 amide bonds. The minimum Gasteiger partial charge on any atom is -0.391 e. The molecule has 8 heteroatoms. The number of nitrogens with zero attached hydrogens (tertiary/aromatic N) is 2. The lowest BCUT2D eigenvalue weighted by atomic mass is 9.72. The van der Waals surface area contributed by atoms with Crippen LogP contribution in [0, 0.1) is 5.92 Å². The van der Waals surface area contributed by atoms with Gasteiger partial charge in [0, 0.05) is 0 Å². The molecule has 3 atom stereocenters. The van der Waals surface area contributed by atoms with Crippen LogP contribution in [0.4, 0.5) is 0 Å². The second-order valence-corrected chi connectivity index (χ2v) is 9.44. The summed E-state index contributed by atoms with van der Waals surface area (Å²) in [4.78, 5) is 34.1. The third-order valence-electron chi connectivity index (χ3n) is 6.95. The summed E-state index contributed by atoms with van der Waals surface area (Å²) in [5.74, 6) is -2.03. The first-order chi connectivity index (χ1) is 16.9. The van der Waals surface area contributed by atoms with E-state index in [2.05, 4.69) is 15.3 Å². The fraction of sp³-hybridized carbons (Fsp3) is 0.407. The van der Waals surface area contributed by atoms with Crippen molar-refractivity contribution in [1.82, 2.24) is 15.3 Å². The maximum atomic E-state index is 13.1. The van der Waals surface area contributed by atoms with Gasteiger partial charge in [-0.2, -0.15) is 0 Å². The molecular weight excluding hydrogens is 444 g/mol. The zero-order valence-electron chi connectivity index (χ0n) is 19.6. The van der Waals surface area contributed by atoms with E-state index in [1.165, 1.54) is 6.20 Å². The number of carbonyl (C=O) groups excluding carboxylic acids is 2. The molecule has 2 aromatic carbocycles. The smallest absolute Gasteiger partial charge is 0.271 e. The van der Waals surface area contributed by atoms with Gasteiger partial charge in [0.1, 0.15) is 5.69 Å². The highest BCUT2D eigenvalue weighted by atomic mass is 16.3. The summed E-state index contributed by atoms with van der Waals surface area (Å²) < 4.78 is 0. The Balaban J connectivity index is 1.56. The fourth-order valence-electron chi connectivity index (χ4n) is 4.98. The van der Waals surface area contributed by atoms with Crippen molar-refractivity contribution < 1.29 is 19.8 Å². The number of para-hydroxylation sites is 2. The molecule has 1 aromatic heterocycles. The third kappa shape index (κ3) is 6.01. The number of nitrogens with two attached hydrogens (primary N) is 1. The molecular formula is C27H32N4O4. The Hall–Kier alpha value is -3.36. The average molecular weight is 477 g/mol. The molecule has 0 spiro atoms. The van der Waals surface area contributed by atoms with E-state index < -0.39 is 35.5 Å². The predicted octanol–water partition coefficient (Wildman–Crippen LogP) is 2.52. The molecule has 4 rings (SSSR count). The van der Waals surface area contributed by atoms with Crippen LogP contribution < -0.4 is 11.1 Å². The summed E-state index contributed by atoms with van der Waals surface area (Å²) in [5, 5.41) is 25.3. The van der Waals surface area contributed by atoms with Gasteiger partial charge in [-0.1, -0.05) is 61.7 Å². The standard InChI is InChI=1S/C27H32N4O4/c28-25(33)19(27(35)13-7-2-8-14-27)16-24(32)22(15-18-9-3-1-4-10-18)31-26(34)23-17-29-20-11-5-6-12-21(20)30-23/h1,3-6,9-12,17,19,22,24,32,35H,2,7-8,13-16H2,(H2,28,33)(H,31,34)/t19-,22-,24-/m0/s1. The summed E-state index contributed by atoms with van der Waals surface area (Å²) >= 11 is 0. The van der Waals surface area contributed by atoms with Gasteiger partial charge in [0.15, 0.2) is 0 Å². The Morgan fingerprint density at radius 1 is 1.00 bits per heavy atom. The summed E-state index contributed by atoms with van der Waals surface area (Å²) in [6, 6.07) is 16.0. The van der Waals surface area contributed by atoms with Crippen LogP contribution in [-0.2, 0) is 11.2 Å². The first-order valence-corrected chi connectivity index (χ1v) is 12.1. The largest absolute Gasteiger partial charge is 0.391 e. The molecule has 1 fully saturated rings. The highest BCUT2D eigenvalue weighted by Crippen LogP contribution is 2.37. The van der Waals surface area contributed by atoms with Crippen LogP contribution in [0.5, 0.6) is 0 Å². The van der Waals surface area contributed by atoms with Gasteiger partial charge in [-0.15, -0.1) is 0 Å². The van der Waals surface area contributed by atoms with Crippen LogP contribution >= 0.6 is 0 Å². The van der Waals surface area contributed by atoms with E-state index in [1.54, 1.807) is 6.07 Å². The number of rotatable bonds is 9. The van der Waals surface area contributed by atoms with Crippen molar-refractivity contribution in [2.75, 3.05) is 0 Å². The Labute approximate surface area is 204 Å². The van der Waals surface area contributed by atoms with Crippen molar-refractivity contribution in [3.05, 3.63) is 72.1 Å². The lowest BCUT2D eigenvalue weighted by molar-refractivity contribution is -0.137. The van der Waals surface area contributed by atoms with E-state index in [9.17, 15) is 19.8 Å². The van der Waals surface area contributed by atoms with Crippen LogP contribution in [0.25, 0.3) is 11.0 Å². The SMILES string of the molecule is NC(=O)[C@H](C[C@H](O)[C@H](Cc1ccccc1)NC(=O)c1cnc2ccccc2n1)C1(O)CCCCC1. The van der Waals surface area contributed by atoms with E-state index in [-0.39, 0.29) is 12.1 Å². The molecule has 0 radical (unpaired) electrons. The molecule has 0 bridgehead atoms. The summed E-state index contributed by atoms with van der Waals surface area (Å²) in [5.41, 5.74) is 6.75. The van der Waals surface area contributed by atoms with Crippen molar-refractivity contribution in [2.45, 2.75) is 62.7 Å². The number of fused-ring (bicyclic) bond motifs is 1. The number of nitrogens with one attached hydrogen (secondary N) is 1. The topological polar surface area (TPSA) is 138 Å². The molecule has 35 heavy (non-hydrogen) atoms. The van der Waals surface area contributed by atoms with Gasteiger partial charge < -0.3 is 21.3 Å². The third-order valence-corrected chi connectivity index (χ3v) is 6.95. The first-order valence-electron chi connectivity index (χ1n) is 12.1. The molecule has 0 aliphatic heterocycles. The van der Waals surface area contributed by atoms with Crippen LogP contribution in [0.2, 0.25) is 0 Å². The van der Waals surface area contributed by atoms with Crippen molar-refractivity contribution in [3.63, 3.8) is 0 Å². The second-order valence-electron chi connectivity index (χ2n) is 9.44. The van der Waals surface area contributed by atoms with Crippen molar-refractivity contribution in [2.24, 2.45) is 11.7 Å². The number of benzene rings is 2. The molecule has 0 saturated heterocycles. The monoisotopic (exact) mass is 476 g/mol. The molecule has 3 aromatic rings. The van der Waals surface area contributed by atoms with Crippen molar-refractivity contribution >= 4 is 22.8 Å². The Kier molecular flexibility index (Phi) is 7.73. The van der Waals surface area contributed by atoms with Crippen LogP contribution in [0.15, 0.2) is 60.8 Å². The number of aliphatic hydroxyl groups is 2. The Morgan fingerprint density at radius 2 is 1.66 bits per heavy atom. The minimum atomic E-state index is -1.24. The van der Waals surface area contributed by atoms with Gasteiger partial charge in [-0.25, -0.2) is 4.98 Å². The number of aromatic nitrogens is 2. The molecule has 1 heterocycles. The lowest BCUT2D eigenvalue weighted by Gasteiger charge is -2.39. The summed E-state index contributed by atoms with van der Waals surface area (Å²) in [7, 11) is 0. The maximum Gasteiger partial charge on any atom is 0.271 e. The first kappa shape index (κ1) is 24.8. The molecule has 0 unspecified atom stereocenters. The Morgan fingerprint density at radius 3 is 2.34 bits per heavy atom. The molecule has 184 valence electrons. The van der Waals surface area contributed by atoms with E-state index in [4.69, 9.17) is 5.73 Å². The zero-order valence-corrected chi connectivity index (χ0v) is 19.6. The molecule has 1 aliphatic carbocycles. The van der Waals surface area contributed by atoms with Gasteiger partial charge in [0.2, 0.25) is 5.91 Å². The number of primary amides is 1. The van der Waals surface area contributed by atoms with E-state index in [0.29, 0.717) is 30.3 Å². The van der Waals surface area contributed by atoms with Crippen molar-refractivity contribution in [3.8, 4) is 0 Å². The van der Waals surface area contributed by atoms with Gasteiger partial charge >= 0.3 is 0 Å². The number of hydrogen-bond donors (Lipinski definition) is 4. The van der Waals surface area contributed by atoms with E-state index >= 15 is 0 Å². The highest BCUT2D eigenvalue weighted by Gasteiger charge is 2.43. The number of carbonyl (C=O) groups is 2. The lowest BCUT2D eigenvalue weighted by Crippen LogP contribution is -2.52. The van der Waals surface area contributed by atoms with E-state index in [0.717, 1.165) is 24.8 Å². The molecule has 8 nitrogen and oxygen atoms in total. The highest BCUT2D eigenvalue weighted by molar-refractivity contribution is 5.94. The number of aliphatic hydroxyl groups excluding tert-OH is 1. The van der Waals surface area contributed by atoms with Gasteiger partial charge in [-0.05, 0) is 43.4 Å². The zero-order chi connectivity index (χ0) is 24.8. The molecule has 1 saturated carbocycles. The Bertz CT molecular complexity index is 1160. The van der Waals surface area contributed by atoms with Crippen LogP contribution in [0.3, 0.4) is 0 Å². The second kappa shape index (κ2) is 10.9. The normalized spacial score (nSPS) is 17.9. The van der Waals surface area contributed by atoms with Crippen molar-refractivity contribution in [1.29, 1.82) is 0 Å². The average Bonchev–Trinajstić information content (AvgIpc) is 2.87. The maximum absolute atomic E-state index is 13.1. The molecule has 5 N–H and O–H groups in total. The quantitative estimate of drug-likeness (QED) is 0.374. The van der Waals surface area contributed by atoms with E-state index in [1.807, 2.05) is 48.5 Å². The summed E-state index contributed by atoms with van der Waals surface area (Å²) in [6.45, 7) is 0. The van der Waals surface area contributed by atoms with Crippen LogP contribution in [0.1, 0.15) is 54.6 Å². The molecule has 1 aliphatic rings. The van der Waals surface area contributed by atoms with Crippen LogP contribution in [-0.4, -0.2) is 49.7 Å². The van der Waals surface area contributed by atoms with Gasteiger partial charge in [0.05, 0.1) is 40.9 Å². The predicted molar refractivity (Wildman–Crippen MR) is 132 cm³/mol. The van der Waals surface area contributed by atoms with Gasteiger partial charge in [-0.3, -0.25) is 14.6 Å². The van der Waals surface area contributed by atoms with Gasteiger partial charge in [0.25, 0.3) is 5.91 Å². The minimum absolute atomic E-state index is 0.0486. The summed E-state index contributed by atoms with van der Waals surface area (Å²) in [6.07, 6.45) is 4.12.